The fraction of sp³-hybridized carbons (Fsp3) is 0.200. The molecule has 21 heavy (non-hydrogen) atoms. The Labute approximate surface area is 120 Å². The third kappa shape index (κ3) is 2.55. The number of fused-ring (bicyclic) bond motifs is 1. The van der Waals surface area contributed by atoms with Gasteiger partial charge in [-0.15, -0.1) is 0 Å². The smallest absolute Gasteiger partial charge is 0.149 e. The van der Waals surface area contributed by atoms with Crippen molar-refractivity contribution in [3.63, 3.8) is 0 Å². The number of nitrogens with one attached hydrogen (secondary N) is 2. The van der Waals surface area contributed by atoms with E-state index in [0.717, 1.165) is 23.3 Å². The molecule has 0 bridgehead atoms. The zero-order valence-corrected chi connectivity index (χ0v) is 11.1. The maximum absolute atomic E-state index is 13.6. The molecule has 0 amide bonds. The van der Waals surface area contributed by atoms with Gasteiger partial charge in [0.15, 0.2) is 0 Å². The molecular weight excluding hydrogens is 276 g/mol. The molecule has 4 nitrogen and oxygen atoms in total. The number of nitrogen functional groups attached to an aromatic ring is 1. The summed E-state index contributed by atoms with van der Waals surface area (Å²) in [5, 5.41) is 15.8. The second kappa shape index (κ2) is 5.31. The van der Waals surface area contributed by atoms with Crippen molar-refractivity contribution in [2.75, 3.05) is 11.1 Å². The minimum atomic E-state index is -1.18. The van der Waals surface area contributed by atoms with Crippen molar-refractivity contribution in [1.82, 2.24) is 5.32 Å². The first-order valence-electron chi connectivity index (χ1n) is 6.56. The van der Waals surface area contributed by atoms with Gasteiger partial charge in [-0.25, -0.2) is 8.78 Å². The molecular formula is C15H15F2N3O. The third-order valence-corrected chi connectivity index (χ3v) is 3.59. The summed E-state index contributed by atoms with van der Waals surface area (Å²) in [6.07, 6.45) is -1.18. The lowest BCUT2D eigenvalue weighted by Gasteiger charge is -2.22. The monoisotopic (exact) mass is 291 g/mol. The fourth-order valence-electron chi connectivity index (χ4n) is 2.54. The van der Waals surface area contributed by atoms with E-state index >= 15 is 0 Å². The Bertz CT molecular complexity index is 658. The van der Waals surface area contributed by atoms with Crippen LogP contribution in [0.25, 0.3) is 0 Å². The SMILES string of the molecule is Nc1ccc2c(c1)C(C(O)Nc1c(F)cccc1F)NC2. The molecule has 0 radical (unpaired) electrons. The van der Waals surface area contributed by atoms with Gasteiger partial charge in [-0.1, -0.05) is 12.1 Å². The second-order valence-corrected chi connectivity index (χ2v) is 5.00. The predicted octanol–water partition coefficient (Wildman–Crippen LogP) is 2.12. The van der Waals surface area contributed by atoms with Crippen LogP contribution in [0.4, 0.5) is 20.2 Å². The van der Waals surface area contributed by atoms with Crippen molar-refractivity contribution in [3.8, 4) is 0 Å². The van der Waals surface area contributed by atoms with E-state index in [1.165, 1.54) is 6.07 Å². The van der Waals surface area contributed by atoms with Gasteiger partial charge in [-0.2, -0.15) is 0 Å². The van der Waals surface area contributed by atoms with Crippen molar-refractivity contribution in [2.24, 2.45) is 0 Å². The zero-order valence-electron chi connectivity index (χ0n) is 11.1. The molecule has 2 aromatic rings. The average molecular weight is 291 g/mol. The molecule has 1 aliphatic heterocycles. The highest BCUT2D eigenvalue weighted by Crippen LogP contribution is 2.31. The molecule has 0 fully saturated rings. The molecule has 1 aliphatic rings. The number of nitrogens with two attached hydrogens (primary N) is 1. The summed E-state index contributed by atoms with van der Waals surface area (Å²) in [6, 6.07) is 8.45. The van der Waals surface area contributed by atoms with E-state index in [2.05, 4.69) is 10.6 Å². The van der Waals surface area contributed by atoms with Crippen molar-refractivity contribution in [3.05, 3.63) is 59.2 Å². The van der Waals surface area contributed by atoms with Crippen LogP contribution in [-0.4, -0.2) is 11.3 Å². The van der Waals surface area contributed by atoms with E-state index < -0.39 is 23.9 Å². The molecule has 0 saturated carbocycles. The van der Waals surface area contributed by atoms with Crippen LogP contribution in [0.3, 0.4) is 0 Å². The molecule has 2 unspecified atom stereocenters. The zero-order chi connectivity index (χ0) is 15.0. The topological polar surface area (TPSA) is 70.3 Å². The first-order chi connectivity index (χ1) is 10.1. The average Bonchev–Trinajstić information content (AvgIpc) is 2.86. The van der Waals surface area contributed by atoms with E-state index in [1.807, 2.05) is 6.07 Å². The highest BCUT2D eigenvalue weighted by molar-refractivity contribution is 5.50. The normalized spacial score (nSPS) is 18.3. The number of halogens is 2. The van der Waals surface area contributed by atoms with Gasteiger partial charge in [0.05, 0.1) is 6.04 Å². The molecule has 2 aromatic carbocycles. The van der Waals surface area contributed by atoms with Crippen LogP contribution in [-0.2, 0) is 6.54 Å². The van der Waals surface area contributed by atoms with Crippen LogP contribution in [0.1, 0.15) is 17.2 Å². The highest BCUT2D eigenvalue weighted by atomic mass is 19.1. The Balaban J connectivity index is 1.85. The molecule has 0 aromatic heterocycles. The lowest BCUT2D eigenvalue weighted by atomic mass is 10.0. The molecule has 0 spiro atoms. The van der Waals surface area contributed by atoms with E-state index in [4.69, 9.17) is 5.73 Å². The lowest BCUT2D eigenvalue weighted by molar-refractivity contribution is 0.158. The van der Waals surface area contributed by atoms with Crippen molar-refractivity contribution in [2.45, 2.75) is 18.8 Å². The Morgan fingerprint density at radius 2 is 1.95 bits per heavy atom. The Kier molecular flexibility index (Phi) is 3.48. The van der Waals surface area contributed by atoms with Gasteiger partial charge >= 0.3 is 0 Å². The number of aliphatic hydroxyl groups excluding tert-OH is 1. The third-order valence-electron chi connectivity index (χ3n) is 3.59. The van der Waals surface area contributed by atoms with Gasteiger partial charge in [0, 0.05) is 12.2 Å². The molecule has 2 atom stereocenters. The number of anilines is 2. The predicted molar refractivity (Wildman–Crippen MR) is 76.4 cm³/mol. The van der Waals surface area contributed by atoms with Gasteiger partial charge < -0.3 is 21.5 Å². The number of hydrogen-bond acceptors (Lipinski definition) is 4. The van der Waals surface area contributed by atoms with Gasteiger partial charge in [-0.3, -0.25) is 0 Å². The maximum Gasteiger partial charge on any atom is 0.149 e. The first-order valence-corrected chi connectivity index (χ1v) is 6.56. The number of rotatable bonds is 3. The largest absolute Gasteiger partial charge is 0.399 e. The summed E-state index contributed by atoms with van der Waals surface area (Å²) in [6.45, 7) is 0.568. The minimum Gasteiger partial charge on any atom is -0.399 e. The number of benzene rings is 2. The van der Waals surface area contributed by atoms with Crippen LogP contribution in [0, 0.1) is 11.6 Å². The summed E-state index contributed by atoms with van der Waals surface area (Å²) in [7, 11) is 0. The molecule has 0 aliphatic carbocycles. The quantitative estimate of drug-likeness (QED) is 0.516. The summed E-state index contributed by atoms with van der Waals surface area (Å²) in [4.78, 5) is 0. The minimum absolute atomic E-state index is 0.343. The van der Waals surface area contributed by atoms with E-state index in [0.29, 0.717) is 12.2 Å². The number of para-hydroxylation sites is 1. The molecule has 1 heterocycles. The standard InChI is InChI=1S/C15H15F2N3O/c16-11-2-1-3-12(17)14(11)20-15(21)13-10-6-9(18)5-4-8(10)7-19-13/h1-6,13,15,19-21H,7,18H2. The molecule has 110 valence electrons. The van der Waals surface area contributed by atoms with E-state index in [9.17, 15) is 13.9 Å². The summed E-state index contributed by atoms with van der Waals surface area (Å²) >= 11 is 0. The van der Waals surface area contributed by atoms with E-state index in [1.54, 1.807) is 12.1 Å². The van der Waals surface area contributed by atoms with Crippen LogP contribution < -0.4 is 16.4 Å². The van der Waals surface area contributed by atoms with E-state index in [-0.39, 0.29) is 5.69 Å². The number of hydrogen-bond donors (Lipinski definition) is 4. The van der Waals surface area contributed by atoms with Crippen molar-refractivity contribution >= 4 is 11.4 Å². The second-order valence-electron chi connectivity index (χ2n) is 5.00. The fourth-order valence-corrected chi connectivity index (χ4v) is 2.54. The Morgan fingerprint density at radius 1 is 1.24 bits per heavy atom. The van der Waals surface area contributed by atoms with Gasteiger partial charge in [-0.05, 0) is 35.4 Å². The Hall–Kier alpha value is -2.18. The maximum atomic E-state index is 13.6. The van der Waals surface area contributed by atoms with Crippen molar-refractivity contribution < 1.29 is 13.9 Å². The van der Waals surface area contributed by atoms with Gasteiger partial charge in [0.25, 0.3) is 0 Å². The van der Waals surface area contributed by atoms with Crippen LogP contribution >= 0.6 is 0 Å². The molecule has 5 N–H and O–H groups in total. The summed E-state index contributed by atoms with van der Waals surface area (Å²) in [5.41, 5.74) is 7.81. The molecule has 0 saturated heterocycles. The lowest BCUT2D eigenvalue weighted by Crippen LogP contribution is -2.33. The molecule has 6 heteroatoms. The summed E-state index contributed by atoms with van der Waals surface area (Å²) in [5.74, 6) is -1.50. The van der Waals surface area contributed by atoms with Crippen LogP contribution in [0.2, 0.25) is 0 Å². The van der Waals surface area contributed by atoms with Crippen LogP contribution in [0.15, 0.2) is 36.4 Å². The van der Waals surface area contributed by atoms with Gasteiger partial charge in [0.1, 0.15) is 23.5 Å². The van der Waals surface area contributed by atoms with Crippen molar-refractivity contribution in [1.29, 1.82) is 0 Å². The Morgan fingerprint density at radius 3 is 2.67 bits per heavy atom. The molecule has 3 rings (SSSR count). The summed E-state index contributed by atoms with van der Waals surface area (Å²) < 4.78 is 27.2. The first kappa shape index (κ1) is 13.8. The van der Waals surface area contributed by atoms with Gasteiger partial charge in [0.2, 0.25) is 0 Å². The highest BCUT2D eigenvalue weighted by Gasteiger charge is 2.29. The number of aliphatic hydroxyl groups is 1. The van der Waals surface area contributed by atoms with Crippen LogP contribution in [0.5, 0.6) is 0 Å².